The number of likely N-dealkylation sites (N-methyl/N-ethyl adjacent to an activating group) is 1. The van der Waals surface area contributed by atoms with Gasteiger partial charge in [0.05, 0.1) is 11.8 Å². The highest BCUT2D eigenvalue weighted by atomic mass is 16.2. The number of allylic oxidation sites excluding steroid dienone is 2. The standard InChI is InChI=1S/C20H22N2O3/c1-11-5-4-6-15(12(11)2)21(3)16(23)10-22-19(24)17-13-7-8-14(9-13)18(17)20(22)25/h4-8,13-14,17-18H,9-10H2,1-3H3/t13-,14-,17+,18+/m0/s1. The number of carbonyl (C=O) groups excluding carboxylic acids is 3. The number of aryl methyl sites for hydroxylation is 1. The second-order valence-electron chi connectivity index (χ2n) is 7.43. The van der Waals surface area contributed by atoms with Crippen LogP contribution in [-0.2, 0) is 14.4 Å². The van der Waals surface area contributed by atoms with Crippen LogP contribution in [0.5, 0.6) is 0 Å². The van der Waals surface area contributed by atoms with Crippen LogP contribution in [-0.4, -0.2) is 36.2 Å². The van der Waals surface area contributed by atoms with Crippen LogP contribution in [0.3, 0.4) is 0 Å². The van der Waals surface area contributed by atoms with Crippen molar-refractivity contribution in [2.24, 2.45) is 23.7 Å². The van der Waals surface area contributed by atoms with E-state index in [1.165, 1.54) is 4.90 Å². The molecule has 3 amide bonds. The molecule has 4 rings (SSSR count). The van der Waals surface area contributed by atoms with Crippen molar-refractivity contribution in [1.82, 2.24) is 4.90 Å². The largest absolute Gasteiger partial charge is 0.314 e. The van der Waals surface area contributed by atoms with Crippen molar-refractivity contribution in [1.29, 1.82) is 0 Å². The summed E-state index contributed by atoms with van der Waals surface area (Å²) in [5.41, 5.74) is 2.94. The van der Waals surface area contributed by atoms with E-state index >= 15 is 0 Å². The highest BCUT2D eigenvalue weighted by Crippen LogP contribution is 2.52. The van der Waals surface area contributed by atoms with E-state index in [1.807, 2.05) is 32.0 Å². The molecule has 25 heavy (non-hydrogen) atoms. The highest BCUT2D eigenvalue weighted by Gasteiger charge is 2.59. The molecule has 0 unspecified atom stereocenters. The third kappa shape index (κ3) is 2.25. The summed E-state index contributed by atoms with van der Waals surface area (Å²) in [6, 6.07) is 5.78. The van der Waals surface area contributed by atoms with Crippen molar-refractivity contribution in [3.63, 3.8) is 0 Å². The fourth-order valence-corrected chi connectivity index (χ4v) is 4.59. The van der Waals surface area contributed by atoms with Gasteiger partial charge in [-0.15, -0.1) is 0 Å². The van der Waals surface area contributed by atoms with E-state index in [1.54, 1.807) is 11.9 Å². The summed E-state index contributed by atoms with van der Waals surface area (Å²) < 4.78 is 0. The van der Waals surface area contributed by atoms with Gasteiger partial charge in [-0.25, -0.2) is 0 Å². The summed E-state index contributed by atoms with van der Waals surface area (Å²) in [6.45, 7) is 3.79. The molecule has 1 aromatic rings. The van der Waals surface area contributed by atoms with E-state index in [9.17, 15) is 14.4 Å². The van der Waals surface area contributed by atoms with Gasteiger partial charge in [-0.2, -0.15) is 0 Å². The molecule has 3 aliphatic rings. The Morgan fingerprint density at radius 2 is 1.72 bits per heavy atom. The highest BCUT2D eigenvalue weighted by molar-refractivity contribution is 6.10. The normalized spacial score (nSPS) is 29.5. The van der Waals surface area contributed by atoms with E-state index in [0.29, 0.717) is 0 Å². The summed E-state index contributed by atoms with van der Waals surface area (Å²) in [5.74, 6) is -0.742. The van der Waals surface area contributed by atoms with Gasteiger partial charge in [0.1, 0.15) is 6.54 Å². The molecule has 1 heterocycles. The lowest BCUT2D eigenvalue weighted by Crippen LogP contribution is -2.42. The summed E-state index contributed by atoms with van der Waals surface area (Å²) in [5, 5.41) is 0. The van der Waals surface area contributed by atoms with Crippen LogP contribution in [0.15, 0.2) is 30.4 Å². The molecule has 4 atom stereocenters. The maximum Gasteiger partial charge on any atom is 0.246 e. The first-order chi connectivity index (χ1) is 11.9. The zero-order valence-electron chi connectivity index (χ0n) is 14.7. The molecule has 0 spiro atoms. The van der Waals surface area contributed by atoms with Crippen LogP contribution >= 0.6 is 0 Å². The average molecular weight is 338 g/mol. The maximum absolute atomic E-state index is 12.7. The number of imide groups is 1. The number of likely N-dealkylation sites (tertiary alicyclic amines) is 1. The number of rotatable bonds is 3. The molecule has 1 saturated heterocycles. The van der Waals surface area contributed by atoms with Gasteiger partial charge in [0, 0.05) is 12.7 Å². The predicted molar refractivity (Wildman–Crippen MR) is 93.8 cm³/mol. The van der Waals surface area contributed by atoms with Crippen LogP contribution < -0.4 is 4.90 Å². The maximum atomic E-state index is 12.7. The van der Waals surface area contributed by atoms with Crippen molar-refractivity contribution in [3.8, 4) is 0 Å². The zero-order valence-corrected chi connectivity index (χ0v) is 14.7. The number of fused-ring (bicyclic) bond motifs is 5. The number of carbonyl (C=O) groups is 3. The molecule has 1 aliphatic heterocycles. The summed E-state index contributed by atoms with van der Waals surface area (Å²) >= 11 is 0. The smallest absolute Gasteiger partial charge is 0.246 e. The number of benzene rings is 1. The van der Waals surface area contributed by atoms with Crippen LogP contribution in [0.25, 0.3) is 0 Å². The quantitative estimate of drug-likeness (QED) is 0.626. The number of hydrogen-bond donors (Lipinski definition) is 0. The van der Waals surface area contributed by atoms with Gasteiger partial charge in [0.2, 0.25) is 17.7 Å². The molecule has 0 radical (unpaired) electrons. The molecule has 130 valence electrons. The molecule has 2 bridgehead atoms. The van der Waals surface area contributed by atoms with Crippen LogP contribution in [0.1, 0.15) is 17.5 Å². The summed E-state index contributed by atoms with van der Waals surface area (Å²) in [7, 11) is 1.70. The van der Waals surface area contributed by atoms with E-state index in [4.69, 9.17) is 0 Å². The first-order valence-corrected chi connectivity index (χ1v) is 8.76. The second kappa shape index (κ2) is 5.55. The third-order valence-corrected chi connectivity index (χ3v) is 6.17. The zero-order chi connectivity index (χ0) is 17.9. The Morgan fingerprint density at radius 1 is 1.12 bits per heavy atom. The van der Waals surface area contributed by atoms with Crippen molar-refractivity contribution in [2.75, 3.05) is 18.5 Å². The lowest BCUT2D eigenvalue weighted by Gasteiger charge is -2.24. The second-order valence-corrected chi connectivity index (χ2v) is 7.43. The third-order valence-electron chi connectivity index (χ3n) is 6.17. The predicted octanol–water partition coefficient (Wildman–Crippen LogP) is 2.07. The fraction of sp³-hybridized carbons (Fsp3) is 0.450. The number of nitrogens with zero attached hydrogens (tertiary/aromatic N) is 2. The van der Waals surface area contributed by atoms with Crippen molar-refractivity contribution in [2.45, 2.75) is 20.3 Å². The lowest BCUT2D eigenvalue weighted by atomic mass is 9.85. The van der Waals surface area contributed by atoms with E-state index < -0.39 is 0 Å². The molecule has 2 fully saturated rings. The van der Waals surface area contributed by atoms with Crippen molar-refractivity contribution in [3.05, 3.63) is 41.5 Å². The Labute approximate surface area is 147 Å². The Bertz CT molecular complexity index is 783. The van der Waals surface area contributed by atoms with Gasteiger partial charge in [0.15, 0.2) is 0 Å². The first-order valence-electron chi connectivity index (χ1n) is 8.76. The van der Waals surface area contributed by atoms with E-state index in [0.717, 1.165) is 23.2 Å². The van der Waals surface area contributed by atoms with Gasteiger partial charge in [-0.1, -0.05) is 24.3 Å². The van der Waals surface area contributed by atoms with Gasteiger partial charge in [0.25, 0.3) is 0 Å². The fourth-order valence-electron chi connectivity index (χ4n) is 4.59. The number of anilines is 1. The Hall–Kier alpha value is -2.43. The van der Waals surface area contributed by atoms with Crippen molar-refractivity contribution < 1.29 is 14.4 Å². The minimum atomic E-state index is -0.249. The van der Waals surface area contributed by atoms with Gasteiger partial charge in [-0.05, 0) is 49.3 Å². The molecule has 2 aliphatic carbocycles. The SMILES string of the molecule is Cc1cccc(N(C)C(=O)CN2C(=O)[C@H]3[C@H](C2=O)[C@H]2C=C[C@H]3C2)c1C. The Balaban J connectivity index is 1.53. The minimum Gasteiger partial charge on any atom is -0.314 e. The van der Waals surface area contributed by atoms with E-state index in [2.05, 4.69) is 12.2 Å². The lowest BCUT2D eigenvalue weighted by molar-refractivity contribution is -0.143. The molecule has 1 saturated carbocycles. The summed E-state index contributed by atoms with van der Waals surface area (Å²) in [4.78, 5) is 40.9. The van der Waals surface area contributed by atoms with Crippen LogP contribution in [0, 0.1) is 37.5 Å². The Kier molecular flexibility index (Phi) is 3.56. The first kappa shape index (κ1) is 16.1. The molecule has 5 heteroatoms. The molecule has 0 aromatic heterocycles. The number of hydrogen-bond acceptors (Lipinski definition) is 3. The summed E-state index contributed by atoms with van der Waals surface area (Å²) in [6.07, 6.45) is 5.02. The van der Waals surface area contributed by atoms with Gasteiger partial charge < -0.3 is 4.90 Å². The molecule has 1 aromatic carbocycles. The molecular weight excluding hydrogens is 316 g/mol. The monoisotopic (exact) mass is 338 g/mol. The Morgan fingerprint density at radius 3 is 2.32 bits per heavy atom. The molecule has 5 nitrogen and oxygen atoms in total. The average Bonchev–Trinajstić information content (AvgIpc) is 3.26. The van der Waals surface area contributed by atoms with Gasteiger partial charge in [-0.3, -0.25) is 19.3 Å². The van der Waals surface area contributed by atoms with Crippen LogP contribution in [0.2, 0.25) is 0 Å². The minimum absolute atomic E-state index is 0.170. The number of amides is 3. The van der Waals surface area contributed by atoms with Crippen molar-refractivity contribution >= 4 is 23.4 Å². The molecular formula is C20H22N2O3. The van der Waals surface area contributed by atoms with Gasteiger partial charge >= 0.3 is 0 Å². The van der Waals surface area contributed by atoms with Crippen LogP contribution in [0.4, 0.5) is 5.69 Å². The molecule has 0 N–H and O–H groups in total. The topological polar surface area (TPSA) is 57.7 Å². The van der Waals surface area contributed by atoms with E-state index in [-0.39, 0.29) is 47.9 Å².